The molecule has 2 nitrogen and oxygen atoms in total. The maximum absolute atomic E-state index is 5.66. The average Bonchev–Trinajstić information content (AvgIpc) is 2.23. The van der Waals surface area contributed by atoms with Crippen molar-refractivity contribution < 1.29 is 0 Å². The van der Waals surface area contributed by atoms with Crippen molar-refractivity contribution >= 4 is 5.69 Å². The zero-order valence-corrected chi connectivity index (χ0v) is 8.99. The molecule has 0 atom stereocenters. The molecule has 2 aromatic rings. The highest BCUT2D eigenvalue weighted by atomic mass is 14.7. The molecule has 0 unspecified atom stereocenters. The van der Waals surface area contributed by atoms with E-state index in [2.05, 4.69) is 18.0 Å². The summed E-state index contributed by atoms with van der Waals surface area (Å²) in [6.45, 7) is 4.07. The number of hydrogen-bond acceptors (Lipinski definition) is 2. The molecule has 0 amide bonds. The van der Waals surface area contributed by atoms with Crippen molar-refractivity contribution in [1.29, 1.82) is 0 Å². The van der Waals surface area contributed by atoms with Crippen LogP contribution in [0.25, 0.3) is 11.1 Å². The highest BCUT2D eigenvalue weighted by Gasteiger charge is 2.02. The fourth-order valence-corrected chi connectivity index (χ4v) is 1.60. The fraction of sp³-hybridized carbons (Fsp3) is 0.154. The minimum Gasteiger partial charge on any atom is -0.399 e. The Morgan fingerprint density at radius 1 is 1.07 bits per heavy atom. The van der Waals surface area contributed by atoms with E-state index in [0.29, 0.717) is 0 Å². The van der Waals surface area contributed by atoms with Gasteiger partial charge in [0.15, 0.2) is 0 Å². The van der Waals surface area contributed by atoms with Crippen molar-refractivity contribution in [2.24, 2.45) is 0 Å². The molecule has 15 heavy (non-hydrogen) atoms. The van der Waals surface area contributed by atoms with Gasteiger partial charge in [-0.05, 0) is 48.7 Å². The van der Waals surface area contributed by atoms with E-state index in [-0.39, 0.29) is 0 Å². The number of pyridine rings is 1. The maximum Gasteiger partial charge on any atom is 0.0379 e. The van der Waals surface area contributed by atoms with Crippen LogP contribution in [-0.2, 0) is 0 Å². The minimum atomic E-state index is 0.794. The highest BCUT2D eigenvalue weighted by Crippen LogP contribution is 2.24. The molecule has 2 rings (SSSR count). The first-order chi connectivity index (χ1) is 7.16. The van der Waals surface area contributed by atoms with Crippen LogP contribution in [0.15, 0.2) is 36.5 Å². The van der Waals surface area contributed by atoms with Crippen molar-refractivity contribution in [3.63, 3.8) is 0 Å². The molecule has 0 fully saturated rings. The molecule has 0 saturated heterocycles. The summed E-state index contributed by atoms with van der Waals surface area (Å²) in [4.78, 5) is 4.26. The van der Waals surface area contributed by atoms with Crippen LogP contribution in [0.3, 0.4) is 0 Å². The molecule has 0 radical (unpaired) electrons. The van der Waals surface area contributed by atoms with Gasteiger partial charge in [-0.25, -0.2) is 0 Å². The van der Waals surface area contributed by atoms with Gasteiger partial charge in [0.1, 0.15) is 0 Å². The molecule has 0 bridgehead atoms. The van der Waals surface area contributed by atoms with Gasteiger partial charge in [0.2, 0.25) is 0 Å². The van der Waals surface area contributed by atoms with Gasteiger partial charge in [0, 0.05) is 17.6 Å². The summed E-state index contributed by atoms with van der Waals surface area (Å²) in [5.74, 6) is 0. The Kier molecular flexibility index (Phi) is 2.42. The monoisotopic (exact) mass is 198 g/mol. The molecule has 0 aliphatic heterocycles. The predicted octanol–water partition coefficient (Wildman–Crippen LogP) is 2.95. The topological polar surface area (TPSA) is 38.9 Å². The van der Waals surface area contributed by atoms with Gasteiger partial charge in [-0.3, -0.25) is 4.98 Å². The van der Waals surface area contributed by atoms with Crippen LogP contribution in [-0.4, -0.2) is 4.98 Å². The number of benzene rings is 1. The molecule has 0 aliphatic carbocycles. The number of anilines is 1. The molecule has 1 aromatic carbocycles. The van der Waals surface area contributed by atoms with Crippen molar-refractivity contribution in [2.75, 3.05) is 5.73 Å². The smallest absolute Gasteiger partial charge is 0.0379 e. The summed E-state index contributed by atoms with van der Waals surface area (Å²) in [5.41, 5.74) is 11.1. The van der Waals surface area contributed by atoms with Gasteiger partial charge in [-0.1, -0.05) is 12.1 Å². The van der Waals surface area contributed by atoms with Crippen molar-refractivity contribution in [2.45, 2.75) is 13.8 Å². The quantitative estimate of drug-likeness (QED) is 0.715. The Hall–Kier alpha value is -1.83. The third kappa shape index (κ3) is 1.99. The summed E-state index contributed by atoms with van der Waals surface area (Å²) >= 11 is 0. The predicted molar refractivity (Wildman–Crippen MR) is 63.6 cm³/mol. The molecule has 1 aromatic heterocycles. The summed E-state index contributed by atoms with van der Waals surface area (Å²) in [5, 5.41) is 0. The first kappa shape index (κ1) is 9.71. The first-order valence-corrected chi connectivity index (χ1v) is 4.96. The largest absolute Gasteiger partial charge is 0.399 e. The SMILES string of the molecule is Cc1cc(-c2ccc(N)cc2)c(C)cn1. The molecular formula is C13H14N2. The molecular weight excluding hydrogens is 184 g/mol. The Balaban J connectivity index is 2.53. The van der Waals surface area contributed by atoms with Crippen molar-refractivity contribution in [3.05, 3.63) is 47.8 Å². The number of rotatable bonds is 1. The molecule has 0 aliphatic rings. The lowest BCUT2D eigenvalue weighted by Crippen LogP contribution is -1.89. The zero-order chi connectivity index (χ0) is 10.8. The number of aryl methyl sites for hydroxylation is 2. The van der Waals surface area contributed by atoms with Crippen molar-refractivity contribution in [1.82, 2.24) is 4.98 Å². The van der Waals surface area contributed by atoms with E-state index in [4.69, 9.17) is 5.73 Å². The van der Waals surface area contributed by atoms with Gasteiger partial charge in [0.05, 0.1) is 0 Å². The maximum atomic E-state index is 5.66. The lowest BCUT2D eigenvalue weighted by molar-refractivity contribution is 1.17. The van der Waals surface area contributed by atoms with E-state index in [0.717, 1.165) is 11.4 Å². The van der Waals surface area contributed by atoms with Crippen LogP contribution < -0.4 is 5.73 Å². The van der Waals surface area contributed by atoms with E-state index in [1.165, 1.54) is 16.7 Å². The number of hydrogen-bond donors (Lipinski definition) is 1. The van der Waals surface area contributed by atoms with Crippen LogP contribution in [0.2, 0.25) is 0 Å². The van der Waals surface area contributed by atoms with Gasteiger partial charge < -0.3 is 5.73 Å². The van der Waals surface area contributed by atoms with E-state index in [1.807, 2.05) is 37.4 Å². The third-order valence-electron chi connectivity index (χ3n) is 2.46. The number of aromatic nitrogens is 1. The van der Waals surface area contributed by atoms with Crippen LogP contribution in [0.5, 0.6) is 0 Å². The second-order valence-corrected chi connectivity index (χ2v) is 3.76. The summed E-state index contributed by atoms with van der Waals surface area (Å²) in [7, 11) is 0. The van der Waals surface area contributed by atoms with Crippen LogP contribution in [0, 0.1) is 13.8 Å². The molecule has 76 valence electrons. The third-order valence-corrected chi connectivity index (χ3v) is 2.46. The Labute approximate surface area is 89.8 Å². The van der Waals surface area contributed by atoms with Gasteiger partial charge in [-0.15, -0.1) is 0 Å². The fourth-order valence-electron chi connectivity index (χ4n) is 1.60. The number of nitrogen functional groups attached to an aromatic ring is 1. The number of nitrogens with zero attached hydrogens (tertiary/aromatic N) is 1. The van der Waals surface area contributed by atoms with Gasteiger partial charge in [-0.2, -0.15) is 0 Å². The Morgan fingerprint density at radius 3 is 2.40 bits per heavy atom. The summed E-state index contributed by atoms with van der Waals surface area (Å²) in [6.07, 6.45) is 1.90. The standard InChI is InChI=1S/C13H14N2/c1-9-8-15-10(2)7-13(9)11-3-5-12(14)6-4-11/h3-8H,14H2,1-2H3. The second kappa shape index (κ2) is 3.73. The van der Waals surface area contributed by atoms with Crippen LogP contribution >= 0.6 is 0 Å². The Morgan fingerprint density at radius 2 is 1.73 bits per heavy atom. The van der Waals surface area contributed by atoms with Crippen LogP contribution in [0.1, 0.15) is 11.3 Å². The lowest BCUT2D eigenvalue weighted by atomic mass is 10.0. The molecule has 2 heteroatoms. The molecule has 0 spiro atoms. The van der Waals surface area contributed by atoms with Crippen LogP contribution in [0.4, 0.5) is 5.69 Å². The van der Waals surface area contributed by atoms with E-state index >= 15 is 0 Å². The molecule has 0 saturated carbocycles. The minimum absolute atomic E-state index is 0.794. The number of nitrogens with two attached hydrogens (primary N) is 1. The Bertz CT molecular complexity index is 472. The van der Waals surface area contributed by atoms with E-state index in [1.54, 1.807) is 0 Å². The first-order valence-electron chi connectivity index (χ1n) is 4.96. The van der Waals surface area contributed by atoms with Crippen molar-refractivity contribution in [3.8, 4) is 11.1 Å². The highest BCUT2D eigenvalue weighted by molar-refractivity contribution is 5.68. The summed E-state index contributed by atoms with van der Waals surface area (Å²) in [6, 6.07) is 10.0. The summed E-state index contributed by atoms with van der Waals surface area (Å²) < 4.78 is 0. The lowest BCUT2D eigenvalue weighted by Gasteiger charge is -2.06. The second-order valence-electron chi connectivity index (χ2n) is 3.76. The normalized spacial score (nSPS) is 10.3. The average molecular weight is 198 g/mol. The molecule has 1 heterocycles. The van der Waals surface area contributed by atoms with E-state index in [9.17, 15) is 0 Å². The van der Waals surface area contributed by atoms with E-state index < -0.39 is 0 Å². The molecule has 2 N–H and O–H groups in total. The zero-order valence-electron chi connectivity index (χ0n) is 8.99. The van der Waals surface area contributed by atoms with Gasteiger partial charge >= 0.3 is 0 Å². The van der Waals surface area contributed by atoms with Gasteiger partial charge in [0.25, 0.3) is 0 Å².